The van der Waals surface area contributed by atoms with Gasteiger partial charge in [0.1, 0.15) is 0 Å². The highest BCUT2D eigenvalue weighted by atomic mass is 32.2. The molecule has 1 saturated heterocycles. The monoisotopic (exact) mass is 423 g/mol. The average molecular weight is 424 g/mol. The zero-order chi connectivity index (χ0) is 20.9. The second kappa shape index (κ2) is 7.28. The van der Waals surface area contributed by atoms with E-state index in [1.54, 1.807) is 11.8 Å². The highest BCUT2D eigenvalue weighted by Crippen LogP contribution is 2.47. The zero-order valence-corrected chi connectivity index (χ0v) is 18.1. The molecule has 156 valence electrons. The summed E-state index contributed by atoms with van der Waals surface area (Å²) in [5.74, 6) is 0.740. The molecule has 2 unspecified atom stereocenters. The van der Waals surface area contributed by atoms with E-state index in [-0.39, 0.29) is 22.5 Å². The van der Waals surface area contributed by atoms with Gasteiger partial charge in [-0.2, -0.15) is 5.10 Å². The first kappa shape index (κ1) is 19.4. The number of aromatic amines is 2. The molecule has 1 fully saturated rings. The van der Waals surface area contributed by atoms with Gasteiger partial charge in [-0.05, 0) is 39.2 Å². The molecule has 2 aliphatic heterocycles. The summed E-state index contributed by atoms with van der Waals surface area (Å²) >= 11 is 1.60. The Morgan fingerprint density at radius 2 is 2.07 bits per heavy atom. The molecule has 3 aromatic rings. The van der Waals surface area contributed by atoms with Crippen LogP contribution < -0.4 is 5.56 Å². The van der Waals surface area contributed by atoms with Gasteiger partial charge in [0.2, 0.25) is 0 Å². The summed E-state index contributed by atoms with van der Waals surface area (Å²) in [6, 6.07) is 10.2. The van der Waals surface area contributed by atoms with Crippen molar-refractivity contribution in [2.24, 2.45) is 4.99 Å². The number of aromatic nitrogens is 4. The molecule has 0 amide bonds. The van der Waals surface area contributed by atoms with Crippen molar-refractivity contribution in [2.75, 3.05) is 6.61 Å². The molecule has 0 spiro atoms. The fraction of sp³-hybridized carbons (Fsp3) is 0.409. The van der Waals surface area contributed by atoms with Crippen molar-refractivity contribution >= 4 is 22.6 Å². The number of thioether (sulfide) groups is 1. The molecule has 2 aliphatic rings. The third-order valence-corrected chi connectivity index (χ3v) is 6.96. The summed E-state index contributed by atoms with van der Waals surface area (Å²) in [6.45, 7) is 6.86. The van der Waals surface area contributed by atoms with Crippen LogP contribution in [0.4, 0.5) is 5.82 Å². The van der Waals surface area contributed by atoms with Gasteiger partial charge in [-0.25, -0.2) is 4.99 Å². The standard InChI is InChI=1S/C22H25N5O2S/c1-13-24-20-17(21(28)26-27(20)15-9-10-29-22(2,3)11-15)19(30-13)16-12-23-25-18(16)14-7-5-4-6-8-14/h4-8,12,15,19H,9-11H2,1-3H3,(H,23,25)(H,26,28). The second-order valence-corrected chi connectivity index (χ2v) is 9.80. The van der Waals surface area contributed by atoms with Crippen molar-refractivity contribution in [1.29, 1.82) is 0 Å². The van der Waals surface area contributed by atoms with E-state index in [9.17, 15) is 4.79 Å². The first-order chi connectivity index (χ1) is 14.4. The van der Waals surface area contributed by atoms with Crippen molar-refractivity contribution in [3.05, 3.63) is 58.0 Å². The van der Waals surface area contributed by atoms with Gasteiger partial charge in [0.25, 0.3) is 5.56 Å². The highest BCUT2D eigenvalue weighted by molar-refractivity contribution is 8.14. The largest absolute Gasteiger partial charge is 0.375 e. The van der Waals surface area contributed by atoms with Gasteiger partial charge in [-0.1, -0.05) is 42.1 Å². The van der Waals surface area contributed by atoms with Crippen LogP contribution in [0.2, 0.25) is 0 Å². The lowest BCUT2D eigenvalue weighted by atomic mass is 9.94. The van der Waals surface area contributed by atoms with Crippen LogP contribution >= 0.6 is 11.8 Å². The molecule has 0 bridgehead atoms. The summed E-state index contributed by atoms with van der Waals surface area (Å²) in [6.07, 6.45) is 3.52. The van der Waals surface area contributed by atoms with Gasteiger partial charge in [0.15, 0.2) is 5.82 Å². The van der Waals surface area contributed by atoms with Crippen molar-refractivity contribution in [3.8, 4) is 11.3 Å². The number of rotatable bonds is 3. The number of fused-ring (bicyclic) bond motifs is 1. The number of hydrogen-bond donors (Lipinski definition) is 2. The zero-order valence-electron chi connectivity index (χ0n) is 17.3. The fourth-order valence-electron chi connectivity index (χ4n) is 4.44. The Bertz CT molecular complexity index is 1160. The smallest absolute Gasteiger partial charge is 0.271 e. The summed E-state index contributed by atoms with van der Waals surface area (Å²) in [7, 11) is 0. The third-order valence-electron chi connectivity index (χ3n) is 5.80. The maximum atomic E-state index is 13.1. The van der Waals surface area contributed by atoms with E-state index >= 15 is 0 Å². The van der Waals surface area contributed by atoms with Crippen LogP contribution in [-0.4, -0.2) is 37.2 Å². The number of benzene rings is 1. The summed E-state index contributed by atoms with van der Waals surface area (Å²) in [5, 5.41) is 11.3. The number of nitrogens with zero attached hydrogens (tertiary/aromatic N) is 3. The van der Waals surface area contributed by atoms with E-state index in [1.165, 1.54) is 0 Å². The first-order valence-corrected chi connectivity index (χ1v) is 11.1. The van der Waals surface area contributed by atoms with Crippen LogP contribution in [0, 0.1) is 0 Å². The van der Waals surface area contributed by atoms with Gasteiger partial charge in [0.05, 0.1) is 39.4 Å². The van der Waals surface area contributed by atoms with E-state index in [0.717, 1.165) is 40.5 Å². The molecule has 4 heterocycles. The van der Waals surface area contributed by atoms with E-state index in [4.69, 9.17) is 9.73 Å². The fourth-order valence-corrected chi connectivity index (χ4v) is 5.56. The number of hydrogen-bond acceptors (Lipinski definition) is 5. The number of nitrogens with one attached hydrogen (secondary N) is 2. The minimum absolute atomic E-state index is 0.0803. The van der Waals surface area contributed by atoms with Crippen LogP contribution in [0.5, 0.6) is 0 Å². The molecule has 1 aromatic carbocycles. The summed E-state index contributed by atoms with van der Waals surface area (Å²) < 4.78 is 7.85. The number of H-pyrrole nitrogens is 2. The lowest BCUT2D eigenvalue weighted by Gasteiger charge is -2.36. The normalized spacial score (nSPS) is 23.1. The minimum Gasteiger partial charge on any atom is -0.375 e. The summed E-state index contributed by atoms with van der Waals surface area (Å²) in [5.41, 5.74) is 3.39. The summed E-state index contributed by atoms with van der Waals surface area (Å²) in [4.78, 5) is 17.9. The molecule has 0 radical (unpaired) electrons. The van der Waals surface area contributed by atoms with Gasteiger partial charge < -0.3 is 4.74 Å². The average Bonchev–Trinajstić information content (AvgIpc) is 3.32. The molecule has 2 N–H and O–H groups in total. The van der Waals surface area contributed by atoms with Crippen LogP contribution in [0.3, 0.4) is 0 Å². The molecule has 7 nitrogen and oxygen atoms in total. The van der Waals surface area contributed by atoms with E-state index in [2.05, 4.69) is 29.1 Å². The molecule has 8 heteroatoms. The maximum Gasteiger partial charge on any atom is 0.271 e. The minimum atomic E-state index is -0.219. The topological polar surface area (TPSA) is 88.1 Å². The molecular weight excluding hydrogens is 398 g/mol. The van der Waals surface area contributed by atoms with E-state index in [1.807, 2.05) is 48.1 Å². The SMILES string of the molecule is CC1=Nc2c(c(=O)[nH]n2C2CCOC(C)(C)C2)C(c2cn[nH]c2-c2ccccc2)S1. The number of ether oxygens (including phenoxy) is 1. The lowest BCUT2D eigenvalue weighted by molar-refractivity contribution is -0.0705. The van der Waals surface area contributed by atoms with Crippen molar-refractivity contribution in [1.82, 2.24) is 20.0 Å². The highest BCUT2D eigenvalue weighted by Gasteiger charge is 2.36. The van der Waals surface area contributed by atoms with Gasteiger partial charge in [0, 0.05) is 12.2 Å². The Balaban J connectivity index is 1.61. The Kier molecular flexibility index (Phi) is 4.71. The predicted octanol–water partition coefficient (Wildman–Crippen LogP) is 4.58. The van der Waals surface area contributed by atoms with Gasteiger partial charge >= 0.3 is 0 Å². The van der Waals surface area contributed by atoms with Crippen molar-refractivity contribution < 1.29 is 4.74 Å². The first-order valence-electron chi connectivity index (χ1n) is 10.2. The molecule has 5 rings (SSSR count). The Hall–Kier alpha value is -2.58. The Morgan fingerprint density at radius 1 is 1.27 bits per heavy atom. The molecule has 0 saturated carbocycles. The quantitative estimate of drug-likeness (QED) is 0.645. The molecule has 2 atom stereocenters. The van der Waals surface area contributed by atoms with Gasteiger partial charge in [-0.3, -0.25) is 19.7 Å². The maximum absolute atomic E-state index is 13.1. The van der Waals surface area contributed by atoms with Crippen molar-refractivity contribution in [2.45, 2.75) is 50.5 Å². The van der Waals surface area contributed by atoms with Crippen LogP contribution in [0.15, 0.2) is 46.3 Å². The molecule has 0 aliphatic carbocycles. The Morgan fingerprint density at radius 3 is 2.83 bits per heavy atom. The van der Waals surface area contributed by atoms with E-state index in [0.29, 0.717) is 12.2 Å². The second-order valence-electron chi connectivity index (χ2n) is 8.50. The lowest BCUT2D eigenvalue weighted by Crippen LogP contribution is -2.35. The third kappa shape index (κ3) is 3.33. The van der Waals surface area contributed by atoms with Crippen LogP contribution in [-0.2, 0) is 4.74 Å². The van der Waals surface area contributed by atoms with Crippen molar-refractivity contribution in [3.63, 3.8) is 0 Å². The van der Waals surface area contributed by atoms with E-state index < -0.39 is 0 Å². The molecule has 2 aromatic heterocycles. The number of aliphatic imine (C=N–C) groups is 1. The van der Waals surface area contributed by atoms with Crippen LogP contribution in [0.1, 0.15) is 56.0 Å². The Labute approximate surface area is 178 Å². The predicted molar refractivity (Wildman–Crippen MR) is 120 cm³/mol. The molecular formula is C22H25N5O2S. The van der Waals surface area contributed by atoms with Gasteiger partial charge in [-0.15, -0.1) is 0 Å². The van der Waals surface area contributed by atoms with Crippen LogP contribution in [0.25, 0.3) is 11.3 Å². The molecule has 30 heavy (non-hydrogen) atoms.